The summed E-state index contributed by atoms with van der Waals surface area (Å²) < 4.78 is 26.0. The number of aliphatic hydroxyl groups is 1. The van der Waals surface area contributed by atoms with Crippen molar-refractivity contribution in [2.75, 3.05) is 39.3 Å². The molecule has 3 saturated heterocycles. The van der Waals surface area contributed by atoms with Gasteiger partial charge < -0.3 is 45.1 Å². The summed E-state index contributed by atoms with van der Waals surface area (Å²) in [7, 11) is 0. The highest BCUT2D eigenvalue weighted by Gasteiger charge is 2.52. The average molecular weight is 1100 g/mol. The summed E-state index contributed by atoms with van der Waals surface area (Å²) >= 11 is 0. The molecule has 1 atom stereocenters. The van der Waals surface area contributed by atoms with Gasteiger partial charge in [-0.1, -0.05) is 135 Å². The van der Waals surface area contributed by atoms with Crippen LogP contribution in [-0.4, -0.2) is 67.4 Å². The zero-order chi connectivity index (χ0) is 56.5. The smallest absolute Gasteiger partial charge is 0.348 e. The van der Waals surface area contributed by atoms with Gasteiger partial charge >= 0.3 is 17.9 Å². The van der Waals surface area contributed by atoms with Gasteiger partial charge in [-0.2, -0.15) is 0 Å². The molecule has 1 unspecified atom stereocenters. The molecule has 3 fully saturated rings. The second-order valence-corrected chi connectivity index (χ2v) is 23.0. The molecule has 4 aliphatic rings. The maximum absolute atomic E-state index is 15.2. The van der Waals surface area contributed by atoms with E-state index in [-0.39, 0.29) is 23.9 Å². The number of hydrogen-bond donors (Lipinski definition) is 5. The van der Waals surface area contributed by atoms with Gasteiger partial charge in [0.1, 0.15) is 40.5 Å². The molecule has 0 saturated carbocycles. The van der Waals surface area contributed by atoms with E-state index in [4.69, 9.17) is 18.9 Å². The van der Waals surface area contributed by atoms with Crippen molar-refractivity contribution in [2.24, 2.45) is 5.92 Å². The number of rotatable bonds is 15. The Labute approximate surface area is 478 Å². The lowest BCUT2D eigenvalue weighted by Crippen LogP contribution is -2.47. The Hall–Kier alpha value is -8.13. The largest absolute Gasteiger partial charge is 0.507 e. The molecule has 8 aromatic rings. The van der Waals surface area contributed by atoms with Crippen LogP contribution in [0.4, 0.5) is 0 Å². The molecule has 12 rings (SSSR count). The molecule has 0 bridgehead atoms. The van der Waals surface area contributed by atoms with Crippen LogP contribution in [0.3, 0.4) is 0 Å². The molecule has 8 aromatic carbocycles. The highest BCUT2D eigenvalue weighted by Crippen LogP contribution is 2.51. The number of carbonyl (C=O) groups is 3. The van der Waals surface area contributed by atoms with Gasteiger partial charge in [-0.05, 0) is 167 Å². The summed E-state index contributed by atoms with van der Waals surface area (Å²) in [6.45, 7) is 8.54. The van der Waals surface area contributed by atoms with Crippen LogP contribution in [0.5, 0.6) is 11.5 Å². The first-order valence-corrected chi connectivity index (χ1v) is 28.9. The summed E-state index contributed by atoms with van der Waals surface area (Å²) in [5.41, 5.74) is 4.62. The van der Waals surface area contributed by atoms with Crippen molar-refractivity contribution in [1.29, 1.82) is 0 Å². The number of ether oxygens (including phenoxy) is 4. The van der Waals surface area contributed by atoms with E-state index in [1.54, 1.807) is 18.2 Å². The lowest BCUT2D eigenvalue weighted by molar-refractivity contribution is -0.183. The normalized spacial score (nSPS) is 18.7. The summed E-state index contributed by atoms with van der Waals surface area (Å²) in [5, 5.41) is 35.8. The quantitative estimate of drug-likeness (QED) is 0.0488. The van der Waals surface area contributed by atoms with E-state index >= 15 is 4.79 Å². The van der Waals surface area contributed by atoms with Gasteiger partial charge in [-0.3, -0.25) is 0 Å². The molecule has 0 radical (unpaired) electrons. The lowest BCUT2D eigenvalue weighted by Gasteiger charge is -2.40. The molecule has 1 aliphatic carbocycles. The number of fused-ring (bicyclic) bond motifs is 4. The third-order valence-corrected chi connectivity index (χ3v) is 17.3. The van der Waals surface area contributed by atoms with Crippen LogP contribution < -0.4 is 20.7 Å². The second-order valence-electron chi connectivity index (χ2n) is 23.0. The lowest BCUT2D eigenvalue weighted by atomic mass is 9.82. The van der Waals surface area contributed by atoms with Crippen molar-refractivity contribution >= 4 is 28.7 Å². The molecular weight excluding hydrogens is 1030 g/mol. The van der Waals surface area contributed by atoms with Crippen molar-refractivity contribution in [3.05, 3.63) is 226 Å². The van der Waals surface area contributed by atoms with Crippen LogP contribution in [0.2, 0.25) is 0 Å². The van der Waals surface area contributed by atoms with Crippen LogP contribution in [0, 0.1) is 5.92 Å². The number of esters is 3. The van der Waals surface area contributed by atoms with E-state index in [9.17, 15) is 19.8 Å². The molecule has 5 N–H and O–H groups in total. The first kappa shape index (κ1) is 54.5. The number of aromatic hydroxyl groups is 1. The van der Waals surface area contributed by atoms with Gasteiger partial charge in [-0.25, -0.2) is 14.4 Å². The minimum Gasteiger partial charge on any atom is -0.507 e. The predicted octanol–water partition coefficient (Wildman–Crippen LogP) is 11.9. The van der Waals surface area contributed by atoms with Crippen molar-refractivity contribution < 1.29 is 43.5 Å². The molecule has 0 spiro atoms. The Bertz CT molecular complexity index is 3670. The summed E-state index contributed by atoms with van der Waals surface area (Å²) in [6, 6.07) is 55.7. The summed E-state index contributed by atoms with van der Waals surface area (Å²) in [6.07, 6.45) is 4.35. The molecule has 3 aliphatic heterocycles. The Balaban J connectivity index is 0.779. The zero-order valence-electron chi connectivity index (χ0n) is 46.5. The SMILES string of the molecule is CC(C)Cc1ccc(C(=O)OC2(c3cccc(-c4ccc5c(c4)-c4ccccc4C5(O)C(=O)OC4(c5cccc(COc6ccc7cc(O)c(C(=O)OC8(c9ccccc9)CCNCC8)cc7c6)c5)CCNCC4)c3)CCNCC2)cc1. The average Bonchev–Trinajstić information content (AvgIpc) is 2.46. The van der Waals surface area contributed by atoms with Gasteiger partial charge in [0.15, 0.2) is 0 Å². The van der Waals surface area contributed by atoms with Crippen LogP contribution in [0.15, 0.2) is 176 Å². The standard InChI is InChI=1S/C70H69N3O9/c1-46(2)38-47-18-20-49(21-19-47)64(75)80-68(28-34-72-35-29-68)56-15-9-11-50(40-56)51-23-25-62-59(42-51)58-16-6-7-17-61(58)70(62,78)66(77)82-69(30-36-73-37-31-69)55-14-8-10-48(39-55)45-79-57-24-22-52-44-63(74)60(43-53(52)41-57)65(76)81-67(26-32-71-33-27-67)54-12-4-3-5-13-54/h3-25,39-44,46,71-74,78H,26-38,45H2,1-2H3. The Kier molecular flexibility index (Phi) is 15.1. The molecule has 0 amide bonds. The van der Waals surface area contributed by atoms with Crippen molar-refractivity contribution in [2.45, 2.75) is 87.8 Å². The van der Waals surface area contributed by atoms with E-state index in [1.165, 1.54) is 5.56 Å². The first-order chi connectivity index (χ1) is 39.8. The Morgan fingerprint density at radius 2 is 1.09 bits per heavy atom. The molecule has 82 heavy (non-hydrogen) atoms. The fourth-order valence-electron chi connectivity index (χ4n) is 12.8. The summed E-state index contributed by atoms with van der Waals surface area (Å²) in [5.74, 6) is -0.779. The van der Waals surface area contributed by atoms with Gasteiger partial charge in [0.25, 0.3) is 0 Å². The Morgan fingerprint density at radius 1 is 0.500 bits per heavy atom. The third-order valence-electron chi connectivity index (χ3n) is 17.3. The summed E-state index contributed by atoms with van der Waals surface area (Å²) in [4.78, 5) is 42.9. The molecule has 3 heterocycles. The van der Waals surface area contributed by atoms with Crippen LogP contribution in [0.25, 0.3) is 33.0 Å². The number of carbonyl (C=O) groups excluding carboxylic acids is 3. The van der Waals surface area contributed by atoms with Crippen molar-refractivity contribution in [3.8, 4) is 33.8 Å². The highest BCUT2D eigenvalue weighted by atomic mass is 16.6. The first-order valence-electron chi connectivity index (χ1n) is 28.9. The number of phenolic OH excluding ortho intramolecular Hbond substituents is 1. The van der Waals surface area contributed by atoms with Crippen LogP contribution >= 0.6 is 0 Å². The maximum Gasteiger partial charge on any atom is 0.348 e. The number of nitrogens with one attached hydrogen (secondary N) is 3. The fraction of sp³-hybridized carbons (Fsp3) is 0.300. The van der Waals surface area contributed by atoms with Gasteiger partial charge in [0.05, 0.1) is 5.56 Å². The molecule has 12 nitrogen and oxygen atoms in total. The highest BCUT2D eigenvalue weighted by molar-refractivity contribution is 6.00. The van der Waals surface area contributed by atoms with E-state index in [2.05, 4.69) is 35.9 Å². The van der Waals surface area contributed by atoms with Gasteiger partial charge in [0.2, 0.25) is 5.60 Å². The van der Waals surface area contributed by atoms with E-state index < -0.39 is 34.3 Å². The maximum atomic E-state index is 15.2. The topological polar surface area (TPSA) is 165 Å². The van der Waals surface area contributed by atoms with Crippen LogP contribution in [0.1, 0.15) is 112 Å². The molecule has 418 valence electrons. The fourth-order valence-corrected chi connectivity index (χ4v) is 12.8. The second kappa shape index (κ2) is 22.7. The van der Waals surface area contributed by atoms with Crippen molar-refractivity contribution in [1.82, 2.24) is 16.0 Å². The minimum absolute atomic E-state index is 0.0793. The number of hydrogen-bond acceptors (Lipinski definition) is 12. The number of benzene rings is 8. The third kappa shape index (κ3) is 10.6. The monoisotopic (exact) mass is 1100 g/mol. The Morgan fingerprint density at radius 3 is 1.78 bits per heavy atom. The van der Waals surface area contributed by atoms with Gasteiger partial charge in [0, 0.05) is 49.7 Å². The molecule has 12 heteroatoms. The minimum atomic E-state index is -2.11. The predicted molar refractivity (Wildman–Crippen MR) is 316 cm³/mol. The van der Waals surface area contributed by atoms with Gasteiger partial charge in [-0.15, -0.1) is 0 Å². The van der Waals surface area contributed by atoms with E-state index in [0.29, 0.717) is 112 Å². The zero-order valence-corrected chi connectivity index (χ0v) is 46.5. The van der Waals surface area contributed by atoms with Crippen molar-refractivity contribution in [3.63, 3.8) is 0 Å². The van der Waals surface area contributed by atoms with E-state index in [0.717, 1.165) is 56.3 Å². The number of phenols is 1. The van der Waals surface area contributed by atoms with Crippen LogP contribution in [-0.2, 0) is 54.4 Å². The molecule has 0 aromatic heterocycles. The van der Waals surface area contributed by atoms with E-state index in [1.807, 2.05) is 152 Å². The molecular formula is C70H69N3O9. The number of piperidine rings is 3.